The minimum atomic E-state index is -0.193. The molecule has 106 valence electrons. The van der Waals surface area contributed by atoms with Crippen molar-refractivity contribution in [3.63, 3.8) is 0 Å². The summed E-state index contributed by atoms with van der Waals surface area (Å²) in [5, 5.41) is 4.84. The molecule has 0 spiro atoms. The number of nitrogens with two attached hydrogens (primary N) is 1. The highest BCUT2D eigenvalue weighted by molar-refractivity contribution is 9.10. The molecule has 1 aromatic carbocycles. The number of carbonyl (C=O) groups is 1. The van der Waals surface area contributed by atoms with Crippen LogP contribution in [0.3, 0.4) is 0 Å². The van der Waals surface area contributed by atoms with E-state index in [2.05, 4.69) is 21.2 Å². The van der Waals surface area contributed by atoms with Gasteiger partial charge in [0.05, 0.1) is 24.4 Å². The van der Waals surface area contributed by atoms with Crippen molar-refractivity contribution < 1.29 is 9.53 Å². The molecule has 0 atom stereocenters. The van der Waals surface area contributed by atoms with E-state index in [-0.39, 0.29) is 5.91 Å². The second-order valence-corrected chi connectivity index (χ2v) is 5.89. The van der Waals surface area contributed by atoms with Gasteiger partial charge in [0, 0.05) is 9.35 Å². The number of anilines is 1. The van der Waals surface area contributed by atoms with Crippen LogP contribution in [0.4, 0.5) is 5.69 Å². The van der Waals surface area contributed by atoms with E-state index in [1.807, 2.05) is 18.4 Å². The standard InChI is InChI=1S/C14H15BrN2O2S/c1-2-19-13-9(4-3-5-11(13)16)14(18)17-8-12-10(15)6-7-20-12/h3-7H,2,8,16H2,1H3,(H,17,18). The molecule has 0 saturated carbocycles. The van der Waals surface area contributed by atoms with E-state index in [9.17, 15) is 4.79 Å². The third-order valence-corrected chi connectivity index (χ3v) is 4.61. The van der Waals surface area contributed by atoms with Gasteiger partial charge in [0.15, 0.2) is 5.75 Å². The SMILES string of the molecule is CCOc1c(N)cccc1C(=O)NCc1sccc1Br. The topological polar surface area (TPSA) is 64.3 Å². The van der Waals surface area contributed by atoms with Crippen LogP contribution < -0.4 is 15.8 Å². The summed E-state index contributed by atoms with van der Waals surface area (Å²) in [5.41, 5.74) is 6.78. The summed E-state index contributed by atoms with van der Waals surface area (Å²) >= 11 is 5.02. The van der Waals surface area contributed by atoms with E-state index < -0.39 is 0 Å². The highest BCUT2D eigenvalue weighted by Gasteiger charge is 2.15. The maximum Gasteiger partial charge on any atom is 0.255 e. The smallest absolute Gasteiger partial charge is 0.255 e. The zero-order valence-corrected chi connectivity index (χ0v) is 13.4. The number of carbonyl (C=O) groups excluding carboxylic acids is 1. The molecule has 1 heterocycles. The van der Waals surface area contributed by atoms with Gasteiger partial charge in [-0.2, -0.15) is 0 Å². The third kappa shape index (κ3) is 3.32. The molecule has 20 heavy (non-hydrogen) atoms. The number of hydrogen-bond donors (Lipinski definition) is 2. The Balaban J connectivity index is 2.13. The molecule has 2 aromatic rings. The average molecular weight is 355 g/mol. The second-order valence-electron chi connectivity index (χ2n) is 4.03. The molecule has 0 aliphatic heterocycles. The van der Waals surface area contributed by atoms with Crippen LogP contribution in [0.1, 0.15) is 22.2 Å². The molecular formula is C14H15BrN2O2S. The first-order valence-electron chi connectivity index (χ1n) is 6.14. The molecule has 0 aliphatic carbocycles. The van der Waals surface area contributed by atoms with Crippen molar-refractivity contribution in [2.75, 3.05) is 12.3 Å². The van der Waals surface area contributed by atoms with Crippen molar-refractivity contribution >= 4 is 38.9 Å². The summed E-state index contributed by atoms with van der Waals surface area (Å²) in [5.74, 6) is 0.249. The molecule has 0 radical (unpaired) electrons. The van der Waals surface area contributed by atoms with Crippen molar-refractivity contribution in [3.05, 3.63) is 44.6 Å². The van der Waals surface area contributed by atoms with Crippen LogP contribution in [-0.4, -0.2) is 12.5 Å². The van der Waals surface area contributed by atoms with E-state index in [0.29, 0.717) is 30.2 Å². The number of para-hydroxylation sites is 1. The Bertz CT molecular complexity index is 613. The maximum absolute atomic E-state index is 12.2. The second kappa shape index (κ2) is 6.76. The zero-order chi connectivity index (χ0) is 14.5. The van der Waals surface area contributed by atoms with Gasteiger partial charge in [0.1, 0.15) is 0 Å². The number of rotatable bonds is 5. The van der Waals surface area contributed by atoms with Crippen molar-refractivity contribution in [1.29, 1.82) is 0 Å². The fourth-order valence-corrected chi connectivity index (χ4v) is 3.18. The molecule has 2 rings (SSSR count). The normalized spacial score (nSPS) is 10.3. The number of nitrogen functional groups attached to an aromatic ring is 1. The molecule has 0 unspecified atom stereocenters. The number of halogens is 1. The Labute approximate surface area is 130 Å². The lowest BCUT2D eigenvalue weighted by atomic mass is 10.1. The third-order valence-electron chi connectivity index (χ3n) is 2.68. The summed E-state index contributed by atoms with van der Waals surface area (Å²) in [7, 11) is 0. The number of thiophene rings is 1. The fraction of sp³-hybridized carbons (Fsp3) is 0.214. The van der Waals surface area contributed by atoms with Crippen LogP contribution in [0.25, 0.3) is 0 Å². The minimum Gasteiger partial charge on any atom is -0.491 e. The first kappa shape index (κ1) is 14.9. The molecule has 0 fully saturated rings. The summed E-state index contributed by atoms with van der Waals surface area (Å²) in [6.07, 6.45) is 0. The summed E-state index contributed by atoms with van der Waals surface area (Å²) < 4.78 is 6.46. The Morgan fingerprint density at radius 2 is 2.25 bits per heavy atom. The van der Waals surface area contributed by atoms with E-state index in [1.165, 1.54) is 0 Å². The van der Waals surface area contributed by atoms with Gasteiger partial charge in [-0.15, -0.1) is 11.3 Å². The lowest BCUT2D eigenvalue weighted by molar-refractivity contribution is 0.0947. The fourth-order valence-electron chi connectivity index (χ4n) is 1.75. The highest BCUT2D eigenvalue weighted by atomic mass is 79.9. The van der Waals surface area contributed by atoms with Crippen LogP contribution in [0.2, 0.25) is 0 Å². The van der Waals surface area contributed by atoms with Crippen LogP contribution in [-0.2, 0) is 6.54 Å². The van der Waals surface area contributed by atoms with Crippen LogP contribution in [0.15, 0.2) is 34.1 Å². The van der Waals surface area contributed by atoms with Gasteiger partial charge in [-0.1, -0.05) is 6.07 Å². The number of amides is 1. The van der Waals surface area contributed by atoms with Gasteiger partial charge in [-0.25, -0.2) is 0 Å². The molecule has 1 aromatic heterocycles. The molecule has 0 saturated heterocycles. The van der Waals surface area contributed by atoms with E-state index in [0.717, 1.165) is 9.35 Å². The number of nitrogens with one attached hydrogen (secondary N) is 1. The van der Waals surface area contributed by atoms with Crippen LogP contribution >= 0.6 is 27.3 Å². The molecule has 3 N–H and O–H groups in total. The van der Waals surface area contributed by atoms with Crippen molar-refractivity contribution in [2.24, 2.45) is 0 Å². The molecular weight excluding hydrogens is 340 g/mol. The van der Waals surface area contributed by atoms with Gasteiger partial charge in [-0.05, 0) is 46.4 Å². The Kier molecular flexibility index (Phi) is 5.03. The van der Waals surface area contributed by atoms with Crippen LogP contribution in [0, 0.1) is 0 Å². The average Bonchev–Trinajstić information content (AvgIpc) is 2.84. The van der Waals surface area contributed by atoms with Crippen LogP contribution in [0.5, 0.6) is 5.75 Å². The predicted octanol–water partition coefficient (Wildman–Crippen LogP) is 3.42. The largest absolute Gasteiger partial charge is 0.491 e. The molecule has 1 amide bonds. The van der Waals surface area contributed by atoms with Gasteiger partial charge in [0.25, 0.3) is 5.91 Å². The highest BCUT2D eigenvalue weighted by Crippen LogP contribution is 2.27. The monoisotopic (exact) mass is 354 g/mol. The van der Waals surface area contributed by atoms with E-state index in [1.54, 1.807) is 29.5 Å². The molecule has 0 aliphatic rings. The Morgan fingerprint density at radius 3 is 2.90 bits per heavy atom. The van der Waals surface area contributed by atoms with Crippen molar-refractivity contribution in [3.8, 4) is 5.75 Å². The number of benzene rings is 1. The van der Waals surface area contributed by atoms with Crippen molar-refractivity contribution in [2.45, 2.75) is 13.5 Å². The lowest BCUT2D eigenvalue weighted by Crippen LogP contribution is -2.23. The minimum absolute atomic E-state index is 0.193. The first-order valence-corrected chi connectivity index (χ1v) is 7.82. The van der Waals surface area contributed by atoms with E-state index in [4.69, 9.17) is 10.5 Å². The Hall–Kier alpha value is -1.53. The molecule has 6 heteroatoms. The van der Waals surface area contributed by atoms with Gasteiger partial charge in [-0.3, -0.25) is 4.79 Å². The zero-order valence-electron chi connectivity index (χ0n) is 11.0. The quantitative estimate of drug-likeness (QED) is 0.808. The summed E-state index contributed by atoms with van der Waals surface area (Å²) in [6.45, 7) is 2.79. The number of hydrogen-bond acceptors (Lipinski definition) is 4. The predicted molar refractivity (Wildman–Crippen MR) is 85.2 cm³/mol. The Morgan fingerprint density at radius 1 is 1.45 bits per heavy atom. The molecule has 0 bridgehead atoms. The molecule has 4 nitrogen and oxygen atoms in total. The summed E-state index contributed by atoms with van der Waals surface area (Å²) in [4.78, 5) is 13.3. The van der Waals surface area contributed by atoms with Gasteiger partial charge >= 0.3 is 0 Å². The first-order chi connectivity index (χ1) is 9.63. The number of ether oxygens (including phenoxy) is 1. The van der Waals surface area contributed by atoms with E-state index >= 15 is 0 Å². The van der Waals surface area contributed by atoms with Gasteiger partial charge < -0.3 is 15.8 Å². The van der Waals surface area contributed by atoms with Gasteiger partial charge in [0.2, 0.25) is 0 Å². The van der Waals surface area contributed by atoms with Crippen molar-refractivity contribution in [1.82, 2.24) is 5.32 Å². The summed E-state index contributed by atoms with van der Waals surface area (Å²) in [6, 6.07) is 7.13. The lowest BCUT2D eigenvalue weighted by Gasteiger charge is -2.12. The maximum atomic E-state index is 12.2.